The third kappa shape index (κ3) is 1.70. The number of aliphatic hydroxyl groups excluding tert-OH is 1. The van der Waals surface area contributed by atoms with Crippen molar-refractivity contribution in [2.75, 3.05) is 13.1 Å². The molecule has 0 unspecified atom stereocenters. The summed E-state index contributed by atoms with van der Waals surface area (Å²) >= 11 is 0. The van der Waals surface area contributed by atoms with Gasteiger partial charge >= 0.3 is 0 Å². The van der Waals surface area contributed by atoms with E-state index in [1.807, 2.05) is 30.3 Å². The van der Waals surface area contributed by atoms with Crippen molar-refractivity contribution in [3.8, 4) is 0 Å². The summed E-state index contributed by atoms with van der Waals surface area (Å²) in [6.07, 6.45) is -0.594. The van der Waals surface area contributed by atoms with Gasteiger partial charge in [-0.05, 0) is 5.56 Å². The first kappa shape index (κ1) is 8.26. The number of amidine groups is 1. The SMILES string of the molecule is O[C@H](C1=NCCN1)c1ccccc1. The molecule has 1 aromatic rings. The molecule has 0 saturated carbocycles. The summed E-state index contributed by atoms with van der Waals surface area (Å²) in [4.78, 5) is 4.17. The maximum Gasteiger partial charge on any atom is 0.136 e. The van der Waals surface area contributed by atoms with E-state index in [9.17, 15) is 5.11 Å². The Morgan fingerprint density at radius 1 is 1.31 bits per heavy atom. The highest BCUT2D eigenvalue weighted by Gasteiger charge is 2.16. The average molecular weight is 176 g/mol. The van der Waals surface area contributed by atoms with Crippen LogP contribution in [-0.4, -0.2) is 24.0 Å². The zero-order valence-corrected chi connectivity index (χ0v) is 7.27. The van der Waals surface area contributed by atoms with E-state index in [0.29, 0.717) is 5.84 Å². The second-order valence-electron chi connectivity index (χ2n) is 3.01. The van der Waals surface area contributed by atoms with Crippen LogP contribution in [0.2, 0.25) is 0 Å². The fraction of sp³-hybridized carbons (Fsp3) is 0.300. The molecular formula is C10H12N2O. The fourth-order valence-electron chi connectivity index (χ4n) is 1.39. The van der Waals surface area contributed by atoms with Gasteiger partial charge in [-0.1, -0.05) is 30.3 Å². The van der Waals surface area contributed by atoms with Gasteiger partial charge in [-0.15, -0.1) is 0 Å². The van der Waals surface area contributed by atoms with Gasteiger partial charge in [0.05, 0.1) is 6.54 Å². The highest BCUT2D eigenvalue weighted by atomic mass is 16.3. The monoisotopic (exact) mass is 176 g/mol. The number of aliphatic hydroxyl groups is 1. The van der Waals surface area contributed by atoms with Gasteiger partial charge in [-0.3, -0.25) is 4.99 Å². The molecule has 13 heavy (non-hydrogen) atoms. The molecule has 1 heterocycles. The molecule has 3 nitrogen and oxygen atoms in total. The molecular weight excluding hydrogens is 164 g/mol. The fourth-order valence-corrected chi connectivity index (χ4v) is 1.39. The van der Waals surface area contributed by atoms with E-state index in [4.69, 9.17) is 0 Å². The lowest BCUT2D eigenvalue weighted by Gasteiger charge is -2.10. The van der Waals surface area contributed by atoms with Crippen molar-refractivity contribution in [2.45, 2.75) is 6.10 Å². The number of nitrogens with zero attached hydrogens (tertiary/aromatic N) is 1. The third-order valence-electron chi connectivity index (χ3n) is 2.07. The topological polar surface area (TPSA) is 44.6 Å². The van der Waals surface area contributed by atoms with Crippen molar-refractivity contribution in [2.24, 2.45) is 4.99 Å². The summed E-state index contributed by atoms with van der Waals surface area (Å²) in [5.41, 5.74) is 0.885. The van der Waals surface area contributed by atoms with Crippen molar-refractivity contribution < 1.29 is 5.11 Å². The zero-order chi connectivity index (χ0) is 9.10. The molecule has 2 N–H and O–H groups in total. The Bertz CT molecular complexity index is 308. The summed E-state index contributed by atoms with van der Waals surface area (Å²) in [5.74, 6) is 0.686. The normalized spacial score (nSPS) is 17.8. The molecule has 0 saturated heterocycles. The van der Waals surface area contributed by atoms with Crippen molar-refractivity contribution in [3.63, 3.8) is 0 Å². The van der Waals surface area contributed by atoms with Crippen molar-refractivity contribution >= 4 is 5.84 Å². The smallest absolute Gasteiger partial charge is 0.136 e. The van der Waals surface area contributed by atoms with Gasteiger partial charge < -0.3 is 10.4 Å². The van der Waals surface area contributed by atoms with Crippen LogP contribution in [-0.2, 0) is 0 Å². The Labute approximate surface area is 77.1 Å². The minimum absolute atomic E-state index is 0.594. The van der Waals surface area contributed by atoms with Gasteiger partial charge in [0.25, 0.3) is 0 Å². The van der Waals surface area contributed by atoms with Crippen LogP contribution in [0.25, 0.3) is 0 Å². The van der Waals surface area contributed by atoms with Crippen molar-refractivity contribution in [1.29, 1.82) is 0 Å². The Balaban J connectivity index is 2.17. The predicted octanol–water partition coefficient (Wildman–Crippen LogP) is 0.722. The van der Waals surface area contributed by atoms with Crippen molar-refractivity contribution in [1.82, 2.24) is 5.32 Å². The molecule has 1 aliphatic heterocycles. The second-order valence-corrected chi connectivity index (χ2v) is 3.01. The summed E-state index contributed by atoms with van der Waals surface area (Å²) < 4.78 is 0. The lowest BCUT2D eigenvalue weighted by Crippen LogP contribution is -2.25. The Hall–Kier alpha value is -1.35. The summed E-state index contributed by atoms with van der Waals surface area (Å²) in [6, 6.07) is 9.54. The largest absolute Gasteiger partial charge is 0.380 e. The standard InChI is InChI=1S/C10H12N2O/c13-9(10-11-6-7-12-10)8-4-2-1-3-5-8/h1-5,9,13H,6-7H2,(H,11,12)/t9-/m0/s1. The Morgan fingerprint density at radius 2 is 2.08 bits per heavy atom. The van der Waals surface area contributed by atoms with E-state index in [1.165, 1.54) is 0 Å². The molecule has 0 fully saturated rings. The third-order valence-corrected chi connectivity index (χ3v) is 2.07. The van der Waals surface area contributed by atoms with E-state index in [-0.39, 0.29) is 0 Å². The van der Waals surface area contributed by atoms with Gasteiger partial charge in [0, 0.05) is 6.54 Å². The van der Waals surface area contributed by atoms with E-state index in [1.54, 1.807) is 0 Å². The first-order valence-corrected chi connectivity index (χ1v) is 4.39. The van der Waals surface area contributed by atoms with Crippen LogP contribution in [0.3, 0.4) is 0 Å². The highest BCUT2D eigenvalue weighted by molar-refractivity contribution is 5.88. The summed E-state index contributed by atoms with van der Waals surface area (Å²) in [7, 11) is 0. The van der Waals surface area contributed by atoms with E-state index in [0.717, 1.165) is 18.7 Å². The lowest BCUT2D eigenvalue weighted by molar-refractivity contribution is 0.244. The lowest BCUT2D eigenvalue weighted by atomic mass is 10.1. The number of hydrogen-bond donors (Lipinski definition) is 2. The van der Waals surface area contributed by atoms with Gasteiger partial charge in [0.1, 0.15) is 11.9 Å². The number of aliphatic imine (C=N–C) groups is 1. The minimum Gasteiger partial charge on any atom is -0.380 e. The quantitative estimate of drug-likeness (QED) is 0.697. The molecule has 0 radical (unpaired) electrons. The molecule has 1 aliphatic rings. The number of benzene rings is 1. The molecule has 3 heteroatoms. The predicted molar refractivity (Wildman–Crippen MR) is 51.7 cm³/mol. The molecule has 68 valence electrons. The van der Waals surface area contributed by atoms with Crippen LogP contribution >= 0.6 is 0 Å². The molecule has 0 aromatic heterocycles. The average Bonchev–Trinajstić information content (AvgIpc) is 2.71. The molecule has 2 rings (SSSR count). The molecule has 1 atom stereocenters. The Morgan fingerprint density at radius 3 is 2.69 bits per heavy atom. The highest BCUT2D eigenvalue weighted by Crippen LogP contribution is 2.13. The van der Waals surface area contributed by atoms with Gasteiger partial charge in [-0.25, -0.2) is 0 Å². The molecule has 0 bridgehead atoms. The minimum atomic E-state index is -0.594. The number of hydrogen-bond acceptors (Lipinski definition) is 3. The first-order valence-electron chi connectivity index (χ1n) is 4.39. The summed E-state index contributed by atoms with van der Waals surface area (Å²) in [6.45, 7) is 1.60. The molecule has 0 amide bonds. The van der Waals surface area contributed by atoms with Gasteiger partial charge in [0.15, 0.2) is 0 Å². The second kappa shape index (κ2) is 3.58. The molecule has 1 aromatic carbocycles. The Kier molecular flexibility index (Phi) is 2.27. The van der Waals surface area contributed by atoms with E-state index in [2.05, 4.69) is 10.3 Å². The maximum absolute atomic E-state index is 9.83. The van der Waals surface area contributed by atoms with E-state index < -0.39 is 6.10 Å². The van der Waals surface area contributed by atoms with Crippen LogP contribution in [0.5, 0.6) is 0 Å². The number of nitrogens with one attached hydrogen (secondary N) is 1. The van der Waals surface area contributed by atoms with E-state index >= 15 is 0 Å². The van der Waals surface area contributed by atoms with Crippen LogP contribution in [0.4, 0.5) is 0 Å². The van der Waals surface area contributed by atoms with Crippen molar-refractivity contribution in [3.05, 3.63) is 35.9 Å². The van der Waals surface area contributed by atoms with Crippen LogP contribution < -0.4 is 5.32 Å². The van der Waals surface area contributed by atoms with Crippen LogP contribution in [0, 0.1) is 0 Å². The maximum atomic E-state index is 9.83. The van der Waals surface area contributed by atoms with Gasteiger partial charge in [-0.2, -0.15) is 0 Å². The van der Waals surface area contributed by atoms with Crippen LogP contribution in [0.1, 0.15) is 11.7 Å². The van der Waals surface area contributed by atoms with Crippen LogP contribution in [0.15, 0.2) is 35.3 Å². The summed E-state index contributed by atoms with van der Waals surface area (Å²) in [5, 5.41) is 12.9. The molecule has 0 aliphatic carbocycles. The zero-order valence-electron chi connectivity index (χ0n) is 7.27. The number of rotatable bonds is 2. The first-order chi connectivity index (χ1) is 6.38. The molecule has 0 spiro atoms. The van der Waals surface area contributed by atoms with Gasteiger partial charge in [0.2, 0.25) is 0 Å².